The molecule has 124 valence electrons. The molecule has 23 heavy (non-hydrogen) atoms. The van der Waals surface area contributed by atoms with Crippen molar-refractivity contribution in [1.82, 2.24) is 9.55 Å². The minimum absolute atomic E-state index is 0.324. The molecule has 1 heterocycles. The molecule has 0 aliphatic heterocycles. The molecule has 2 aromatic rings. The van der Waals surface area contributed by atoms with Gasteiger partial charge in [-0.05, 0) is 51.8 Å². The van der Waals surface area contributed by atoms with Gasteiger partial charge in [-0.25, -0.2) is 4.98 Å². The number of alkyl halides is 3. The molecule has 3 rings (SSSR count). The van der Waals surface area contributed by atoms with Crippen LogP contribution in [0.15, 0.2) is 30.7 Å². The fraction of sp³-hybridized carbons (Fsp3) is 0.471. The summed E-state index contributed by atoms with van der Waals surface area (Å²) in [5, 5.41) is 3.11. The van der Waals surface area contributed by atoms with Crippen LogP contribution in [0.25, 0.3) is 5.69 Å². The number of rotatable bonds is 3. The predicted octanol–water partition coefficient (Wildman–Crippen LogP) is 4.98. The van der Waals surface area contributed by atoms with Gasteiger partial charge in [-0.3, -0.25) is 0 Å². The molecule has 0 radical (unpaired) electrons. The molecular formula is C17H20F3N3. The number of benzene rings is 1. The Morgan fingerprint density at radius 1 is 1.13 bits per heavy atom. The van der Waals surface area contributed by atoms with Crippen molar-refractivity contribution in [2.45, 2.75) is 51.2 Å². The lowest BCUT2D eigenvalue weighted by Gasteiger charge is -2.23. The molecule has 3 nitrogen and oxygen atoms in total. The summed E-state index contributed by atoms with van der Waals surface area (Å²) in [4.78, 5) is 4.31. The Kier molecular flexibility index (Phi) is 3.65. The van der Waals surface area contributed by atoms with E-state index in [0.29, 0.717) is 17.3 Å². The maximum Gasteiger partial charge on any atom is 0.416 e. The zero-order valence-corrected chi connectivity index (χ0v) is 13.4. The Labute approximate surface area is 133 Å². The molecule has 0 amide bonds. The molecule has 0 bridgehead atoms. The van der Waals surface area contributed by atoms with Crippen LogP contribution in [0.2, 0.25) is 0 Å². The number of hydrogen-bond acceptors (Lipinski definition) is 2. The van der Waals surface area contributed by atoms with Gasteiger partial charge >= 0.3 is 6.18 Å². The quantitative estimate of drug-likeness (QED) is 0.863. The summed E-state index contributed by atoms with van der Waals surface area (Å²) in [5.41, 5.74) is 0.876. The second kappa shape index (κ2) is 5.28. The standard InChI is InChI=1S/C17H20F3N3/c1-16(2,3)22-13-6-12(17(18,19)20)7-14(8-13)23-9-15(21-10-23)11-4-5-11/h6-11,22H,4-5H2,1-3H3. The Balaban J connectivity index is 2.01. The van der Waals surface area contributed by atoms with Crippen molar-refractivity contribution in [3.8, 4) is 5.69 Å². The van der Waals surface area contributed by atoms with Crippen molar-refractivity contribution in [2.75, 3.05) is 5.32 Å². The highest BCUT2D eigenvalue weighted by Crippen LogP contribution is 2.39. The van der Waals surface area contributed by atoms with Crippen molar-refractivity contribution in [2.24, 2.45) is 0 Å². The third-order valence-corrected chi connectivity index (χ3v) is 3.66. The van der Waals surface area contributed by atoms with Crippen LogP contribution < -0.4 is 5.32 Å². The highest BCUT2D eigenvalue weighted by molar-refractivity contribution is 5.56. The average molecular weight is 323 g/mol. The Hall–Kier alpha value is -1.98. The predicted molar refractivity (Wildman–Crippen MR) is 83.9 cm³/mol. The smallest absolute Gasteiger partial charge is 0.380 e. The van der Waals surface area contributed by atoms with Crippen LogP contribution in [0.1, 0.15) is 50.8 Å². The van der Waals surface area contributed by atoms with E-state index >= 15 is 0 Å². The van der Waals surface area contributed by atoms with Gasteiger partial charge in [0.15, 0.2) is 0 Å². The van der Waals surface area contributed by atoms with Crippen molar-refractivity contribution >= 4 is 5.69 Å². The summed E-state index contributed by atoms with van der Waals surface area (Å²) < 4.78 is 41.2. The number of hydrogen-bond donors (Lipinski definition) is 1. The first-order chi connectivity index (χ1) is 10.6. The first-order valence-corrected chi connectivity index (χ1v) is 7.66. The van der Waals surface area contributed by atoms with Gasteiger partial charge in [0.05, 0.1) is 17.6 Å². The van der Waals surface area contributed by atoms with Crippen LogP contribution in [-0.4, -0.2) is 15.1 Å². The van der Waals surface area contributed by atoms with Crippen LogP contribution in [0.4, 0.5) is 18.9 Å². The van der Waals surface area contributed by atoms with Crippen molar-refractivity contribution in [1.29, 1.82) is 0 Å². The maximum atomic E-state index is 13.2. The monoisotopic (exact) mass is 323 g/mol. The lowest BCUT2D eigenvalue weighted by atomic mass is 10.1. The van der Waals surface area contributed by atoms with E-state index in [1.165, 1.54) is 0 Å². The summed E-state index contributed by atoms with van der Waals surface area (Å²) in [6.45, 7) is 5.74. The molecule has 1 fully saturated rings. The highest BCUT2D eigenvalue weighted by Gasteiger charge is 2.32. The van der Waals surface area contributed by atoms with Gasteiger partial charge in [0.25, 0.3) is 0 Å². The fourth-order valence-corrected chi connectivity index (χ4v) is 2.50. The van der Waals surface area contributed by atoms with E-state index in [0.717, 1.165) is 30.7 Å². The Bertz CT molecular complexity index is 707. The fourth-order valence-electron chi connectivity index (χ4n) is 2.50. The van der Waals surface area contributed by atoms with Crippen molar-refractivity contribution in [3.63, 3.8) is 0 Å². The van der Waals surface area contributed by atoms with Gasteiger partial charge in [-0.15, -0.1) is 0 Å². The normalized spacial score (nSPS) is 15.7. The summed E-state index contributed by atoms with van der Waals surface area (Å²) in [6, 6.07) is 4.03. The SMILES string of the molecule is CC(C)(C)Nc1cc(-n2cnc(C3CC3)c2)cc(C(F)(F)F)c1. The van der Waals surface area contributed by atoms with E-state index in [1.54, 1.807) is 17.0 Å². The molecule has 6 heteroatoms. The first-order valence-electron chi connectivity index (χ1n) is 7.66. The van der Waals surface area contributed by atoms with Crippen LogP contribution in [0.3, 0.4) is 0 Å². The average Bonchev–Trinajstić information content (AvgIpc) is 3.13. The minimum Gasteiger partial charge on any atom is -0.380 e. The van der Waals surface area contributed by atoms with E-state index in [1.807, 2.05) is 27.0 Å². The number of nitrogens with zero attached hydrogens (tertiary/aromatic N) is 2. The molecule has 1 aromatic carbocycles. The number of imidazole rings is 1. The largest absolute Gasteiger partial charge is 0.416 e. The second-order valence-corrected chi connectivity index (χ2v) is 7.12. The van der Waals surface area contributed by atoms with E-state index in [9.17, 15) is 13.2 Å². The van der Waals surface area contributed by atoms with Crippen LogP contribution in [0.5, 0.6) is 0 Å². The number of nitrogens with one attached hydrogen (secondary N) is 1. The van der Waals surface area contributed by atoms with Gasteiger partial charge in [0.2, 0.25) is 0 Å². The zero-order chi connectivity index (χ0) is 16.8. The van der Waals surface area contributed by atoms with Crippen LogP contribution in [-0.2, 0) is 6.18 Å². The van der Waals surface area contributed by atoms with E-state index in [4.69, 9.17) is 0 Å². The molecule has 0 unspecified atom stereocenters. The number of aromatic nitrogens is 2. The summed E-state index contributed by atoms with van der Waals surface area (Å²) in [5.74, 6) is 0.467. The Morgan fingerprint density at radius 3 is 2.39 bits per heavy atom. The van der Waals surface area contributed by atoms with Crippen LogP contribution >= 0.6 is 0 Å². The molecule has 0 atom stereocenters. The summed E-state index contributed by atoms with van der Waals surface area (Å²) in [7, 11) is 0. The van der Waals surface area contributed by atoms with E-state index in [-0.39, 0.29) is 5.54 Å². The highest BCUT2D eigenvalue weighted by atomic mass is 19.4. The van der Waals surface area contributed by atoms with Gasteiger partial charge in [0, 0.05) is 29.0 Å². The second-order valence-electron chi connectivity index (χ2n) is 7.12. The molecule has 1 aliphatic rings. The van der Waals surface area contributed by atoms with Gasteiger partial charge in [-0.2, -0.15) is 13.2 Å². The molecule has 1 aromatic heterocycles. The Morgan fingerprint density at radius 2 is 1.83 bits per heavy atom. The topological polar surface area (TPSA) is 29.9 Å². The molecule has 1 saturated carbocycles. The summed E-state index contributed by atoms with van der Waals surface area (Å²) in [6.07, 6.45) is 1.25. The molecule has 0 saturated heterocycles. The van der Waals surface area contributed by atoms with Gasteiger partial charge < -0.3 is 9.88 Å². The molecular weight excluding hydrogens is 303 g/mol. The molecule has 1 N–H and O–H groups in total. The van der Waals surface area contributed by atoms with Crippen LogP contribution in [0, 0.1) is 0 Å². The van der Waals surface area contributed by atoms with Gasteiger partial charge in [0.1, 0.15) is 0 Å². The minimum atomic E-state index is -4.38. The zero-order valence-electron chi connectivity index (χ0n) is 13.4. The lowest BCUT2D eigenvalue weighted by molar-refractivity contribution is -0.137. The molecule has 1 aliphatic carbocycles. The van der Waals surface area contributed by atoms with E-state index in [2.05, 4.69) is 10.3 Å². The molecule has 0 spiro atoms. The van der Waals surface area contributed by atoms with Crippen molar-refractivity contribution in [3.05, 3.63) is 42.0 Å². The lowest BCUT2D eigenvalue weighted by Crippen LogP contribution is -2.26. The number of anilines is 1. The first kappa shape index (κ1) is 15.9. The van der Waals surface area contributed by atoms with Gasteiger partial charge in [-0.1, -0.05) is 0 Å². The number of halogens is 3. The third kappa shape index (κ3) is 3.86. The maximum absolute atomic E-state index is 13.2. The van der Waals surface area contributed by atoms with E-state index < -0.39 is 11.7 Å². The third-order valence-electron chi connectivity index (χ3n) is 3.66. The van der Waals surface area contributed by atoms with Crippen molar-refractivity contribution < 1.29 is 13.2 Å². The summed E-state index contributed by atoms with van der Waals surface area (Å²) >= 11 is 0.